The van der Waals surface area contributed by atoms with Crippen molar-refractivity contribution in [2.75, 3.05) is 4.90 Å². The first-order chi connectivity index (χ1) is 11.2. The highest BCUT2D eigenvalue weighted by Crippen LogP contribution is 2.34. The molecule has 1 aliphatic carbocycles. The fourth-order valence-corrected chi connectivity index (χ4v) is 2.59. The molecule has 1 fully saturated rings. The van der Waals surface area contributed by atoms with Crippen LogP contribution in [0.2, 0.25) is 5.15 Å². The summed E-state index contributed by atoms with van der Waals surface area (Å²) >= 11 is 6.12. The van der Waals surface area contributed by atoms with Crippen LogP contribution in [0.5, 0.6) is 0 Å². The topological polar surface area (TPSA) is 76.8 Å². The quantitative estimate of drug-likeness (QED) is 0.625. The first-order valence-corrected chi connectivity index (χ1v) is 8.12. The molecule has 24 heavy (non-hydrogen) atoms. The van der Waals surface area contributed by atoms with Crippen LogP contribution in [-0.4, -0.2) is 38.1 Å². The normalized spacial score (nSPS) is 14.7. The van der Waals surface area contributed by atoms with Crippen molar-refractivity contribution < 1.29 is 14.3 Å². The fraction of sp³-hybridized carbons (Fsp3) is 0.500. The zero-order valence-corrected chi connectivity index (χ0v) is 14.8. The Hall–Kier alpha value is -2.15. The Bertz CT molecular complexity index is 821. The van der Waals surface area contributed by atoms with Crippen molar-refractivity contribution in [2.24, 2.45) is 0 Å². The van der Waals surface area contributed by atoms with Crippen LogP contribution in [0.15, 0.2) is 12.3 Å². The summed E-state index contributed by atoms with van der Waals surface area (Å²) in [5, 5.41) is 4.41. The van der Waals surface area contributed by atoms with Crippen molar-refractivity contribution in [3.8, 4) is 0 Å². The van der Waals surface area contributed by atoms with Gasteiger partial charge in [0.05, 0.1) is 11.8 Å². The van der Waals surface area contributed by atoms with Crippen LogP contribution in [0.1, 0.15) is 50.9 Å². The van der Waals surface area contributed by atoms with Crippen molar-refractivity contribution in [3.05, 3.63) is 23.0 Å². The van der Waals surface area contributed by atoms with E-state index in [1.165, 1.54) is 17.6 Å². The number of amides is 1. The number of aromatic nitrogens is 3. The van der Waals surface area contributed by atoms with Gasteiger partial charge in [0.2, 0.25) is 0 Å². The molecule has 2 heterocycles. The SMILES string of the molecule is CC(=O)c1cnn2c(N(C(=O)OC(C)(C)C)C3CC3)cc(Cl)nc12. The Morgan fingerprint density at radius 3 is 2.58 bits per heavy atom. The molecule has 1 aliphatic rings. The lowest BCUT2D eigenvalue weighted by Gasteiger charge is -2.27. The highest BCUT2D eigenvalue weighted by atomic mass is 35.5. The smallest absolute Gasteiger partial charge is 0.416 e. The van der Waals surface area contributed by atoms with Gasteiger partial charge in [0.1, 0.15) is 16.6 Å². The van der Waals surface area contributed by atoms with Crippen LogP contribution < -0.4 is 4.90 Å². The Balaban J connectivity index is 2.11. The Morgan fingerprint density at radius 2 is 2.04 bits per heavy atom. The molecule has 0 aromatic carbocycles. The third kappa shape index (κ3) is 3.21. The van der Waals surface area contributed by atoms with E-state index in [1.807, 2.05) is 20.8 Å². The summed E-state index contributed by atoms with van der Waals surface area (Å²) in [5.74, 6) is 0.287. The number of Topliss-reactive ketones (excluding diaryl/α,β-unsaturated/α-hetero) is 1. The van der Waals surface area contributed by atoms with E-state index < -0.39 is 11.7 Å². The Labute approximate surface area is 144 Å². The lowest BCUT2D eigenvalue weighted by atomic mass is 10.2. The van der Waals surface area contributed by atoms with E-state index in [9.17, 15) is 9.59 Å². The molecule has 0 bridgehead atoms. The number of fused-ring (bicyclic) bond motifs is 1. The highest BCUT2D eigenvalue weighted by Gasteiger charge is 2.38. The molecule has 128 valence electrons. The van der Waals surface area contributed by atoms with Gasteiger partial charge < -0.3 is 4.74 Å². The molecule has 2 aromatic rings. The largest absolute Gasteiger partial charge is 0.443 e. The first-order valence-electron chi connectivity index (χ1n) is 7.75. The van der Waals surface area contributed by atoms with Crippen LogP contribution in [0, 0.1) is 0 Å². The maximum Gasteiger partial charge on any atom is 0.416 e. The predicted octanol–water partition coefficient (Wildman–Crippen LogP) is 3.49. The first kappa shape index (κ1) is 16.7. The Morgan fingerprint density at radius 1 is 1.38 bits per heavy atom. The number of carbonyl (C=O) groups excluding carboxylic acids is 2. The number of ether oxygens (including phenoxy) is 1. The average molecular weight is 351 g/mol. The molecule has 1 amide bonds. The lowest BCUT2D eigenvalue weighted by molar-refractivity contribution is 0.0575. The van der Waals surface area contributed by atoms with Gasteiger partial charge in [0.15, 0.2) is 11.4 Å². The van der Waals surface area contributed by atoms with Gasteiger partial charge in [-0.3, -0.25) is 9.69 Å². The predicted molar refractivity (Wildman–Crippen MR) is 89.7 cm³/mol. The summed E-state index contributed by atoms with van der Waals surface area (Å²) in [6.45, 7) is 6.87. The summed E-state index contributed by atoms with van der Waals surface area (Å²) in [6, 6.07) is 1.60. The number of rotatable bonds is 3. The van der Waals surface area contributed by atoms with Crippen molar-refractivity contribution in [1.29, 1.82) is 0 Å². The summed E-state index contributed by atoms with van der Waals surface area (Å²) in [7, 11) is 0. The van der Waals surface area contributed by atoms with Gasteiger partial charge in [-0.15, -0.1) is 0 Å². The molecule has 2 aromatic heterocycles. The maximum absolute atomic E-state index is 12.7. The highest BCUT2D eigenvalue weighted by molar-refractivity contribution is 6.30. The van der Waals surface area contributed by atoms with Crippen molar-refractivity contribution >= 4 is 34.9 Å². The minimum Gasteiger partial charge on any atom is -0.443 e. The van der Waals surface area contributed by atoms with E-state index >= 15 is 0 Å². The molecule has 0 unspecified atom stereocenters. The number of carbonyl (C=O) groups is 2. The minimum atomic E-state index is -0.616. The van der Waals surface area contributed by atoms with Crippen LogP contribution in [0.25, 0.3) is 5.65 Å². The molecule has 3 rings (SSSR count). The van der Waals surface area contributed by atoms with Gasteiger partial charge in [-0.2, -0.15) is 9.61 Å². The van der Waals surface area contributed by atoms with E-state index in [-0.39, 0.29) is 17.0 Å². The van der Waals surface area contributed by atoms with E-state index in [0.717, 1.165) is 12.8 Å². The summed E-state index contributed by atoms with van der Waals surface area (Å²) < 4.78 is 6.98. The van der Waals surface area contributed by atoms with Gasteiger partial charge in [0, 0.05) is 12.1 Å². The number of ketones is 1. The van der Waals surface area contributed by atoms with Crippen molar-refractivity contribution in [1.82, 2.24) is 14.6 Å². The van der Waals surface area contributed by atoms with Gasteiger partial charge in [-0.1, -0.05) is 11.6 Å². The van der Waals surface area contributed by atoms with Crippen molar-refractivity contribution in [3.63, 3.8) is 0 Å². The van der Waals surface area contributed by atoms with E-state index in [1.54, 1.807) is 11.0 Å². The molecule has 0 N–H and O–H groups in total. The number of hydrogen-bond donors (Lipinski definition) is 0. The molecule has 7 nitrogen and oxygen atoms in total. The summed E-state index contributed by atoms with van der Waals surface area (Å²) in [4.78, 5) is 30.1. The average Bonchev–Trinajstić information content (AvgIpc) is 3.14. The van der Waals surface area contributed by atoms with Crippen LogP contribution in [-0.2, 0) is 4.74 Å². The number of nitrogens with zero attached hydrogens (tertiary/aromatic N) is 4. The second-order valence-electron chi connectivity index (χ2n) is 6.87. The lowest BCUT2D eigenvalue weighted by Crippen LogP contribution is -2.39. The number of hydrogen-bond acceptors (Lipinski definition) is 5. The Kier molecular flexibility index (Phi) is 3.99. The number of halogens is 1. The number of anilines is 1. The van der Waals surface area contributed by atoms with E-state index in [0.29, 0.717) is 17.0 Å². The molecule has 1 saturated carbocycles. The second-order valence-corrected chi connectivity index (χ2v) is 7.26. The molecule has 0 spiro atoms. The van der Waals surface area contributed by atoms with Crippen LogP contribution in [0.4, 0.5) is 10.6 Å². The molecule has 0 radical (unpaired) electrons. The van der Waals surface area contributed by atoms with Gasteiger partial charge in [-0.05, 0) is 40.5 Å². The molecule has 0 atom stereocenters. The molecule has 0 saturated heterocycles. The van der Waals surface area contributed by atoms with Gasteiger partial charge in [-0.25, -0.2) is 9.78 Å². The standard InChI is InChI=1S/C16H19ClN4O3/c1-9(22)11-8-18-21-13(7-12(17)19-14(11)21)20(10-5-6-10)15(23)24-16(2,3)4/h7-8,10H,5-6H2,1-4H3. The molecular weight excluding hydrogens is 332 g/mol. The minimum absolute atomic E-state index is 0.0338. The monoisotopic (exact) mass is 350 g/mol. The molecular formula is C16H19ClN4O3. The fourth-order valence-electron chi connectivity index (χ4n) is 2.41. The zero-order valence-electron chi connectivity index (χ0n) is 14.0. The van der Waals surface area contributed by atoms with Crippen LogP contribution >= 0.6 is 11.6 Å². The third-order valence-corrected chi connectivity index (χ3v) is 3.74. The molecule has 8 heteroatoms. The third-order valence-electron chi connectivity index (χ3n) is 3.55. The van der Waals surface area contributed by atoms with Gasteiger partial charge in [0.25, 0.3) is 0 Å². The summed E-state index contributed by atoms with van der Waals surface area (Å²) in [5.41, 5.74) is 0.0763. The second kappa shape index (κ2) is 5.73. The molecule has 0 aliphatic heterocycles. The van der Waals surface area contributed by atoms with Crippen molar-refractivity contribution in [2.45, 2.75) is 52.2 Å². The maximum atomic E-state index is 12.7. The zero-order chi connectivity index (χ0) is 17.6. The van der Waals surface area contributed by atoms with Gasteiger partial charge >= 0.3 is 6.09 Å². The van der Waals surface area contributed by atoms with Crippen LogP contribution in [0.3, 0.4) is 0 Å². The summed E-state index contributed by atoms with van der Waals surface area (Å²) in [6.07, 6.45) is 2.72. The van der Waals surface area contributed by atoms with E-state index in [2.05, 4.69) is 10.1 Å². The van der Waals surface area contributed by atoms with E-state index in [4.69, 9.17) is 16.3 Å².